The molecule has 104 valence electrons. The molecule has 2 aliphatic rings. The summed E-state index contributed by atoms with van der Waals surface area (Å²) in [6, 6.07) is 5.76. The number of aryl methyl sites for hydroxylation is 1. The highest BCUT2D eigenvalue weighted by molar-refractivity contribution is 5.71. The van der Waals surface area contributed by atoms with Gasteiger partial charge in [0.05, 0.1) is 0 Å². The maximum atomic E-state index is 13.8. The lowest BCUT2D eigenvalue weighted by atomic mass is 10.1. The molecule has 2 aromatic rings. The number of imidazole rings is 1. The molecular formula is C16H18FN3. The largest absolute Gasteiger partial charge is 0.383 e. The van der Waals surface area contributed by atoms with Crippen molar-refractivity contribution in [2.24, 2.45) is 0 Å². The van der Waals surface area contributed by atoms with E-state index in [9.17, 15) is 4.39 Å². The van der Waals surface area contributed by atoms with Crippen LogP contribution in [0.15, 0.2) is 18.2 Å². The number of anilines is 1. The van der Waals surface area contributed by atoms with Crippen molar-refractivity contribution in [3.8, 4) is 11.3 Å². The van der Waals surface area contributed by atoms with Crippen LogP contribution in [0.25, 0.3) is 11.3 Å². The maximum absolute atomic E-state index is 13.8. The van der Waals surface area contributed by atoms with Crippen LogP contribution in [0.1, 0.15) is 49.0 Å². The predicted octanol–water partition coefficient (Wildman–Crippen LogP) is 3.79. The van der Waals surface area contributed by atoms with Crippen LogP contribution in [-0.4, -0.2) is 9.55 Å². The third-order valence-electron chi connectivity index (χ3n) is 4.28. The van der Waals surface area contributed by atoms with Gasteiger partial charge in [0.25, 0.3) is 0 Å². The molecule has 0 bridgehead atoms. The second-order valence-corrected chi connectivity index (χ2v) is 6.04. The van der Waals surface area contributed by atoms with Gasteiger partial charge in [-0.25, -0.2) is 9.37 Å². The Labute approximate surface area is 117 Å². The Balaban J connectivity index is 1.84. The second-order valence-electron chi connectivity index (χ2n) is 6.04. The summed E-state index contributed by atoms with van der Waals surface area (Å²) in [7, 11) is 0. The molecule has 0 atom stereocenters. The van der Waals surface area contributed by atoms with E-state index in [-0.39, 0.29) is 5.82 Å². The van der Waals surface area contributed by atoms with E-state index in [1.807, 2.05) is 6.07 Å². The summed E-state index contributed by atoms with van der Waals surface area (Å²) >= 11 is 0. The number of nitrogens with zero attached hydrogens (tertiary/aromatic N) is 2. The van der Waals surface area contributed by atoms with Gasteiger partial charge < -0.3 is 10.3 Å². The normalized spacial score (nSPS) is 18.5. The van der Waals surface area contributed by atoms with E-state index in [1.54, 1.807) is 19.1 Å². The standard InChI is InChI=1S/C16H18FN3/c1-9-2-3-11(8-13(9)17)14-15(18)20(12-6-7-12)16(19-14)10-4-5-10/h2-3,8,10,12H,4-7,18H2,1H3. The van der Waals surface area contributed by atoms with E-state index >= 15 is 0 Å². The quantitative estimate of drug-likeness (QED) is 0.923. The summed E-state index contributed by atoms with van der Waals surface area (Å²) in [5.74, 6) is 2.18. The Hall–Kier alpha value is -1.84. The minimum atomic E-state index is -0.198. The second kappa shape index (κ2) is 4.08. The third kappa shape index (κ3) is 1.82. The summed E-state index contributed by atoms with van der Waals surface area (Å²) in [6.07, 6.45) is 4.76. The minimum absolute atomic E-state index is 0.198. The highest BCUT2D eigenvalue weighted by atomic mass is 19.1. The first-order valence-corrected chi connectivity index (χ1v) is 7.29. The maximum Gasteiger partial charge on any atom is 0.132 e. The van der Waals surface area contributed by atoms with Gasteiger partial charge in [-0.1, -0.05) is 12.1 Å². The molecule has 0 saturated heterocycles. The van der Waals surface area contributed by atoms with Gasteiger partial charge in [0, 0.05) is 17.5 Å². The molecule has 2 N–H and O–H groups in total. The van der Waals surface area contributed by atoms with Crippen molar-refractivity contribution in [3.05, 3.63) is 35.4 Å². The molecule has 4 heteroatoms. The number of aromatic nitrogens is 2. The molecule has 20 heavy (non-hydrogen) atoms. The summed E-state index contributed by atoms with van der Waals surface area (Å²) in [4.78, 5) is 4.75. The number of benzene rings is 1. The van der Waals surface area contributed by atoms with Crippen LogP contribution < -0.4 is 5.73 Å². The van der Waals surface area contributed by atoms with Gasteiger partial charge >= 0.3 is 0 Å². The van der Waals surface area contributed by atoms with E-state index in [4.69, 9.17) is 10.7 Å². The minimum Gasteiger partial charge on any atom is -0.383 e. The van der Waals surface area contributed by atoms with Gasteiger partial charge in [-0.3, -0.25) is 0 Å². The van der Waals surface area contributed by atoms with Crippen molar-refractivity contribution in [1.29, 1.82) is 0 Å². The molecule has 2 saturated carbocycles. The molecule has 0 amide bonds. The number of nitrogen functional groups attached to an aromatic ring is 1. The molecule has 3 nitrogen and oxygen atoms in total. The first-order valence-electron chi connectivity index (χ1n) is 7.29. The molecule has 0 radical (unpaired) electrons. The van der Waals surface area contributed by atoms with E-state index < -0.39 is 0 Å². The van der Waals surface area contributed by atoms with Crippen LogP contribution >= 0.6 is 0 Å². The zero-order chi connectivity index (χ0) is 13.9. The van der Waals surface area contributed by atoms with E-state index in [0.29, 0.717) is 23.3 Å². The fraction of sp³-hybridized carbons (Fsp3) is 0.438. The Morgan fingerprint density at radius 3 is 2.60 bits per heavy atom. The molecule has 2 fully saturated rings. The van der Waals surface area contributed by atoms with Crippen LogP contribution in [0, 0.1) is 12.7 Å². The number of hydrogen-bond donors (Lipinski definition) is 1. The van der Waals surface area contributed by atoms with Crippen molar-refractivity contribution in [2.45, 2.75) is 44.6 Å². The first kappa shape index (κ1) is 11.9. The number of halogens is 1. The molecule has 0 spiro atoms. The molecule has 1 aromatic heterocycles. The Morgan fingerprint density at radius 1 is 1.25 bits per heavy atom. The van der Waals surface area contributed by atoms with Crippen LogP contribution in [0.3, 0.4) is 0 Å². The van der Waals surface area contributed by atoms with Crippen molar-refractivity contribution in [2.75, 3.05) is 5.73 Å². The Kier molecular flexibility index (Phi) is 2.43. The fourth-order valence-electron chi connectivity index (χ4n) is 2.76. The Bertz CT molecular complexity index is 681. The Morgan fingerprint density at radius 2 is 2.00 bits per heavy atom. The predicted molar refractivity (Wildman–Crippen MR) is 77.0 cm³/mol. The first-order chi connectivity index (χ1) is 9.65. The van der Waals surface area contributed by atoms with Gasteiger partial charge in [-0.05, 0) is 44.2 Å². The van der Waals surface area contributed by atoms with Gasteiger partial charge in [-0.15, -0.1) is 0 Å². The zero-order valence-electron chi connectivity index (χ0n) is 11.6. The summed E-state index contributed by atoms with van der Waals surface area (Å²) < 4.78 is 16.0. The number of rotatable bonds is 3. The molecule has 0 unspecified atom stereocenters. The highest BCUT2D eigenvalue weighted by Gasteiger charge is 2.36. The van der Waals surface area contributed by atoms with Crippen molar-refractivity contribution in [3.63, 3.8) is 0 Å². The van der Waals surface area contributed by atoms with E-state index in [2.05, 4.69) is 4.57 Å². The fourth-order valence-corrected chi connectivity index (χ4v) is 2.76. The molecule has 1 aromatic carbocycles. The summed E-state index contributed by atoms with van der Waals surface area (Å²) in [5, 5.41) is 0. The molecule has 2 aliphatic carbocycles. The monoisotopic (exact) mass is 271 g/mol. The van der Waals surface area contributed by atoms with E-state index in [1.165, 1.54) is 25.7 Å². The van der Waals surface area contributed by atoms with Gasteiger partial charge in [0.2, 0.25) is 0 Å². The topological polar surface area (TPSA) is 43.8 Å². The lowest BCUT2D eigenvalue weighted by molar-refractivity contribution is 0.619. The van der Waals surface area contributed by atoms with Gasteiger partial charge in [0.1, 0.15) is 23.2 Å². The lowest BCUT2D eigenvalue weighted by Crippen LogP contribution is -2.04. The highest BCUT2D eigenvalue weighted by Crippen LogP contribution is 2.48. The summed E-state index contributed by atoms with van der Waals surface area (Å²) in [6.45, 7) is 1.76. The van der Waals surface area contributed by atoms with Crippen molar-refractivity contribution >= 4 is 5.82 Å². The molecule has 0 aliphatic heterocycles. The van der Waals surface area contributed by atoms with Gasteiger partial charge in [0.15, 0.2) is 0 Å². The zero-order valence-corrected chi connectivity index (χ0v) is 11.6. The SMILES string of the molecule is Cc1ccc(-c2nc(C3CC3)n(C3CC3)c2N)cc1F. The van der Waals surface area contributed by atoms with Gasteiger partial charge in [-0.2, -0.15) is 0 Å². The third-order valence-corrected chi connectivity index (χ3v) is 4.28. The summed E-state index contributed by atoms with van der Waals surface area (Å²) in [5.41, 5.74) is 8.49. The molecular weight excluding hydrogens is 253 g/mol. The van der Waals surface area contributed by atoms with Crippen molar-refractivity contribution in [1.82, 2.24) is 9.55 Å². The number of hydrogen-bond acceptors (Lipinski definition) is 2. The molecule has 4 rings (SSSR count). The molecule has 1 heterocycles. The lowest BCUT2D eigenvalue weighted by Gasteiger charge is -2.07. The van der Waals surface area contributed by atoms with Crippen molar-refractivity contribution < 1.29 is 4.39 Å². The van der Waals surface area contributed by atoms with E-state index in [0.717, 1.165) is 17.1 Å². The number of nitrogens with two attached hydrogens (primary N) is 1. The van der Waals surface area contributed by atoms with Crippen LogP contribution in [-0.2, 0) is 0 Å². The average Bonchev–Trinajstić information content (AvgIpc) is 3.32. The van der Waals surface area contributed by atoms with Crippen LogP contribution in [0.2, 0.25) is 0 Å². The average molecular weight is 271 g/mol. The van der Waals surface area contributed by atoms with Crippen LogP contribution in [0.5, 0.6) is 0 Å². The van der Waals surface area contributed by atoms with Crippen LogP contribution in [0.4, 0.5) is 10.2 Å². The smallest absolute Gasteiger partial charge is 0.132 e.